The van der Waals surface area contributed by atoms with Crippen molar-refractivity contribution in [2.24, 2.45) is 0 Å². The summed E-state index contributed by atoms with van der Waals surface area (Å²) in [4.78, 5) is 12.0. The smallest absolute Gasteiger partial charge is 0.242 e. The number of rotatable bonds is 2. The molecule has 18 heavy (non-hydrogen) atoms. The quantitative estimate of drug-likeness (QED) is 0.783. The maximum Gasteiger partial charge on any atom is 0.242 e. The molecule has 0 spiro atoms. The highest BCUT2D eigenvalue weighted by Gasteiger charge is 2.22. The fourth-order valence-corrected chi connectivity index (χ4v) is 2.80. The zero-order chi connectivity index (χ0) is 11.7. The number of hydrogen-bond donors (Lipinski definition) is 3. The van der Waals surface area contributed by atoms with Crippen molar-refractivity contribution in [1.29, 1.82) is 0 Å². The molecule has 1 aromatic carbocycles. The SMILES string of the molecule is Cl.O=C(Nc1cccc2cn[nH]c12)C1CSCN1. The predicted octanol–water partition coefficient (Wildman–Crippen LogP) is 1.59. The standard InChI is InChI=1S/C11H12N4OS.ClH/c16-11(9-5-17-6-12-9)14-8-3-1-2-7-4-13-15-10(7)8;/h1-4,9,12H,5-6H2,(H,13,15)(H,14,16);1H. The minimum atomic E-state index is -0.0989. The molecule has 2 heterocycles. The van der Waals surface area contributed by atoms with Gasteiger partial charge < -0.3 is 5.32 Å². The minimum Gasteiger partial charge on any atom is -0.323 e. The molecule has 1 aliphatic rings. The average Bonchev–Trinajstić information content (AvgIpc) is 3.00. The summed E-state index contributed by atoms with van der Waals surface area (Å²) < 4.78 is 0. The number of fused-ring (bicyclic) bond motifs is 1. The molecule has 1 fully saturated rings. The lowest BCUT2D eigenvalue weighted by molar-refractivity contribution is -0.117. The molecule has 3 N–H and O–H groups in total. The highest BCUT2D eigenvalue weighted by Crippen LogP contribution is 2.21. The third kappa shape index (κ3) is 2.45. The van der Waals surface area contributed by atoms with Crippen molar-refractivity contribution in [3.63, 3.8) is 0 Å². The predicted molar refractivity (Wildman–Crippen MR) is 76.2 cm³/mol. The highest BCUT2D eigenvalue weighted by atomic mass is 35.5. The van der Waals surface area contributed by atoms with E-state index in [0.717, 1.165) is 28.2 Å². The van der Waals surface area contributed by atoms with Crippen molar-refractivity contribution >= 4 is 46.7 Å². The second-order valence-electron chi connectivity index (χ2n) is 3.90. The maximum atomic E-state index is 12.0. The Kier molecular flexibility index (Phi) is 4.11. The number of hydrogen-bond acceptors (Lipinski definition) is 4. The number of nitrogens with one attached hydrogen (secondary N) is 3. The third-order valence-corrected chi connectivity index (χ3v) is 3.71. The van der Waals surface area contributed by atoms with Crippen molar-refractivity contribution in [1.82, 2.24) is 15.5 Å². The highest BCUT2D eigenvalue weighted by molar-refractivity contribution is 7.99. The van der Waals surface area contributed by atoms with E-state index < -0.39 is 0 Å². The van der Waals surface area contributed by atoms with E-state index in [1.165, 1.54) is 0 Å². The fourth-order valence-electron chi connectivity index (χ4n) is 1.86. The number of carbonyl (C=O) groups is 1. The second kappa shape index (κ2) is 5.60. The van der Waals surface area contributed by atoms with Crippen molar-refractivity contribution in [3.05, 3.63) is 24.4 Å². The van der Waals surface area contributed by atoms with Gasteiger partial charge in [0.1, 0.15) is 0 Å². The van der Waals surface area contributed by atoms with E-state index in [4.69, 9.17) is 0 Å². The Bertz CT molecular complexity index is 553. The van der Waals surface area contributed by atoms with Gasteiger partial charge in [-0.3, -0.25) is 15.2 Å². The summed E-state index contributed by atoms with van der Waals surface area (Å²) in [5.74, 6) is 1.68. The molecule has 3 rings (SSSR count). The van der Waals surface area contributed by atoms with Crippen LogP contribution in [0.15, 0.2) is 24.4 Å². The fraction of sp³-hybridized carbons (Fsp3) is 0.273. The van der Waals surface area contributed by atoms with Gasteiger partial charge in [-0.25, -0.2) is 0 Å². The number of para-hydroxylation sites is 1. The zero-order valence-electron chi connectivity index (χ0n) is 9.47. The summed E-state index contributed by atoms with van der Waals surface area (Å²) in [5, 5.41) is 13.9. The van der Waals surface area contributed by atoms with Gasteiger partial charge in [0.2, 0.25) is 5.91 Å². The van der Waals surface area contributed by atoms with Crippen LogP contribution in [0.3, 0.4) is 0 Å². The number of benzene rings is 1. The minimum absolute atomic E-state index is 0. The number of nitrogens with zero attached hydrogens (tertiary/aromatic N) is 1. The molecular weight excluding hydrogens is 272 g/mol. The van der Waals surface area contributed by atoms with E-state index in [9.17, 15) is 4.79 Å². The maximum absolute atomic E-state index is 12.0. The number of anilines is 1. The molecule has 5 nitrogen and oxygen atoms in total. The Labute approximate surface area is 115 Å². The average molecular weight is 285 g/mol. The van der Waals surface area contributed by atoms with Crippen LogP contribution < -0.4 is 10.6 Å². The Balaban J connectivity index is 0.00000120. The molecule has 1 atom stereocenters. The number of halogens is 1. The molecule has 0 aliphatic carbocycles. The Morgan fingerprint density at radius 1 is 1.50 bits per heavy atom. The van der Waals surface area contributed by atoms with Crippen LogP contribution in [0.4, 0.5) is 5.69 Å². The largest absolute Gasteiger partial charge is 0.323 e. The van der Waals surface area contributed by atoms with E-state index in [0.29, 0.717) is 0 Å². The molecule has 0 radical (unpaired) electrons. The first kappa shape index (κ1) is 13.2. The van der Waals surface area contributed by atoms with Gasteiger partial charge >= 0.3 is 0 Å². The second-order valence-corrected chi connectivity index (χ2v) is 4.93. The van der Waals surface area contributed by atoms with Crippen molar-refractivity contribution in [2.45, 2.75) is 6.04 Å². The molecule has 96 valence electrons. The Morgan fingerprint density at radius 2 is 2.39 bits per heavy atom. The molecular formula is C11H13ClN4OS. The number of aromatic nitrogens is 2. The lowest BCUT2D eigenvalue weighted by atomic mass is 10.2. The molecule has 1 amide bonds. The van der Waals surface area contributed by atoms with E-state index in [1.54, 1.807) is 18.0 Å². The number of thioether (sulfide) groups is 1. The molecule has 7 heteroatoms. The lowest BCUT2D eigenvalue weighted by Gasteiger charge is -2.10. The molecule has 0 saturated carbocycles. The van der Waals surface area contributed by atoms with Gasteiger partial charge in [-0.1, -0.05) is 12.1 Å². The molecule has 2 aromatic rings. The van der Waals surface area contributed by atoms with Gasteiger partial charge in [0.15, 0.2) is 0 Å². The Hall–Kier alpha value is -1.24. The summed E-state index contributed by atoms with van der Waals surface area (Å²) in [6.07, 6.45) is 1.74. The van der Waals surface area contributed by atoms with Crippen LogP contribution in [-0.4, -0.2) is 33.8 Å². The van der Waals surface area contributed by atoms with Crippen LogP contribution in [0.5, 0.6) is 0 Å². The van der Waals surface area contributed by atoms with Crippen LogP contribution in [-0.2, 0) is 4.79 Å². The summed E-state index contributed by atoms with van der Waals surface area (Å²) >= 11 is 1.73. The first-order valence-corrected chi connectivity index (χ1v) is 6.54. The van der Waals surface area contributed by atoms with Crippen LogP contribution in [0.2, 0.25) is 0 Å². The summed E-state index contributed by atoms with van der Waals surface area (Å²) in [7, 11) is 0. The third-order valence-electron chi connectivity index (χ3n) is 2.77. The van der Waals surface area contributed by atoms with Crippen LogP contribution in [0.25, 0.3) is 10.9 Å². The van der Waals surface area contributed by atoms with E-state index >= 15 is 0 Å². The molecule has 0 bridgehead atoms. The van der Waals surface area contributed by atoms with Gasteiger partial charge in [-0.15, -0.1) is 24.2 Å². The number of carbonyl (C=O) groups excluding carboxylic acids is 1. The van der Waals surface area contributed by atoms with E-state index in [-0.39, 0.29) is 24.4 Å². The van der Waals surface area contributed by atoms with Gasteiger partial charge in [0.05, 0.1) is 23.4 Å². The summed E-state index contributed by atoms with van der Waals surface area (Å²) in [6, 6.07) is 5.64. The van der Waals surface area contributed by atoms with Gasteiger partial charge in [0, 0.05) is 17.0 Å². The monoisotopic (exact) mass is 284 g/mol. The van der Waals surface area contributed by atoms with E-state index in [2.05, 4.69) is 20.8 Å². The summed E-state index contributed by atoms with van der Waals surface area (Å²) in [6.45, 7) is 0. The van der Waals surface area contributed by atoms with Gasteiger partial charge in [0.25, 0.3) is 0 Å². The van der Waals surface area contributed by atoms with Crippen LogP contribution in [0.1, 0.15) is 0 Å². The molecule has 1 aromatic heterocycles. The number of aromatic amines is 1. The van der Waals surface area contributed by atoms with Crippen LogP contribution >= 0.6 is 24.2 Å². The first-order chi connectivity index (χ1) is 8.34. The van der Waals surface area contributed by atoms with E-state index in [1.807, 2.05) is 18.2 Å². The zero-order valence-corrected chi connectivity index (χ0v) is 11.1. The number of amides is 1. The topological polar surface area (TPSA) is 69.8 Å². The molecule has 1 aliphatic heterocycles. The normalized spacial score (nSPS) is 18.6. The van der Waals surface area contributed by atoms with Crippen molar-refractivity contribution in [3.8, 4) is 0 Å². The summed E-state index contributed by atoms with van der Waals surface area (Å²) in [5.41, 5.74) is 1.65. The van der Waals surface area contributed by atoms with Gasteiger partial charge in [-0.05, 0) is 6.07 Å². The van der Waals surface area contributed by atoms with Gasteiger partial charge in [-0.2, -0.15) is 5.10 Å². The first-order valence-electron chi connectivity index (χ1n) is 5.39. The molecule has 1 saturated heterocycles. The Morgan fingerprint density at radius 3 is 3.17 bits per heavy atom. The lowest BCUT2D eigenvalue weighted by Crippen LogP contribution is -2.37. The van der Waals surface area contributed by atoms with Crippen molar-refractivity contribution < 1.29 is 4.79 Å². The number of H-pyrrole nitrogens is 1. The van der Waals surface area contributed by atoms with Crippen LogP contribution in [0, 0.1) is 0 Å². The molecule has 1 unspecified atom stereocenters. The van der Waals surface area contributed by atoms with Crippen molar-refractivity contribution in [2.75, 3.05) is 16.9 Å².